The number of likely N-dealkylation sites (tertiary alicyclic amines) is 1. The van der Waals surface area contributed by atoms with Gasteiger partial charge < -0.3 is 15.0 Å². The van der Waals surface area contributed by atoms with Crippen molar-refractivity contribution in [3.8, 4) is 39.5 Å². The van der Waals surface area contributed by atoms with Crippen molar-refractivity contribution in [2.45, 2.75) is 26.2 Å². The number of amides is 1. The summed E-state index contributed by atoms with van der Waals surface area (Å²) in [6.45, 7) is 5.28. The predicted molar refractivity (Wildman–Crippen MR) is 165 cm³/mol. The molecule has 1 aliphatic rings. The summed E-state index contributed by atoms with van der Waals surface area (Å²) in [4.78, 5) is 35.6. The molecule has 7 rings (SSSR count). The lowest BCUT2D eigenvalue weighted by molar-refractivity contribution is -0.115. The fourth-order valence-electron chi connectivity index (χ4n) is 5.52. The molecule has 0 atom stereocenters. The number of aromatic amines is 2. The highest BCUT2D eigenvalue weighted by Crippen LogP contribution is 2.33. The Morgan fingerprint density at radius 1 is 1.02 bits per heavy atom. The van der Waals surface area contributed by atoms with Crippen LogP contribution in [0.1, 0.15) is 26.2 Å². The quantitative estimate of drug-likeness (QED) is 0.198. The molecule has 0 spiro atoms. The molecule has 1 saturated heterocycles. The van der Waals surface area contributed by atoms with Crippen LogP contribution < -0.4 is 10.1 Å². The number of carbonyl (C=O) groups is 1. The van der Waals surface area contributed by atoms with Gasteiger partial charge in [0.1, 0.15) is 23.9 Å². The standard InChI is InChI=1S/C32H30FN9O2/c1-2-27(43)37-23-12-20(16-34-18-23)21-14-26-29(40-41-30(26)36-17-21)32-38-28-25(5-6-35-31(28)39-32)19-11-22(33)15-24(13-19)44-10-9-42-7-3-4-8-42/h5-6,11-18H,2-4,7-10H2,1H3,(H,37,43)(H,35,38,39)(H,36,40,41). The molecule has 0 radical (unpaired) electrons. The van der Waals surface area contributed by atoms with Crippen molar-refractivity contribution in [2.24, 2.45) is 0 Å². The molecule has 0 unspecified atom stereocenters. The second kappa shape index (κ2) is 11.8. The zero-order chi connectivity index (χ0) is 30.0. The highest BCUT2D eigenvalue weighted by atomic mass is 19.1. The number of fused-ring (bicyclic) bond motifs is 2. The molecule has 44 heavy (non-hydrogen) atoms. The number of ether oxygens (including phenoxy) is 1. The maximum Gasteiger partial charge on any atom is 0.224 e. The minimum absolute atomic E-state index is 0.0907. The van der Waals surface area contributed by atoms with Crippen molar-refractivity contribution in [2.75, 3.05) is 31.6 Å². The summed E-state index contributed by atoms with van der Waals surface area (Å²) < 4.78 is 20.7. The monoisotopic (exact) mass is 591 g/mol. The number of H-pyrrole nitrogens is 2. The van der Waals surface area contributed by atoms with E-state index in [0.29, 0.717) is 58.4 Å². The van der Waals surface area contributed by atoms with Gasteiger partial charge >= 0.3 is 0 Å². The third-order valence-electron chi connectivity index (χ3n) is 7.77. The summed E-state index contributed by atoms with van der Waals surface area (Å²) in [6.07, 6.45) is 9.48. The Labute approximate surface area is 251 Å². The van der Waals surface area contributed by atoms with Crippen LogP contribution in [-0.4, -0.2) is 72.2 Å². The number of nitrogens with one attached hydrogen (secondary N) is 3. The molecule has 222 valence electrons. The van der Waals surface area contributed by atoms with Crippen molar-refractivity contribution in [1.82, 2.24) is 40.0 Å². The number of aromatic nitrogens is 7. The van der Waals surface area contributed by atoms with Crippen LogP contribution >= 0.6 is 0 Å². The van der Waals surface area contributed by atoms with Gasteiger partial charge in [-0.2, -0.15) is 5.10 Å². The average molecular weight is 592 g/mol. The van der Waals surface area contributed by atoms with E-state index in [4.69, 9.17) is 9.72 Å². The van der Waals surface area contributed by atoms with Gasteiger partial charge in [0.15, 0.2) is 17.1 Å². The van der Waals surface area contributed by atoms with Gasteiger partial charge in [-0.1, -0.05) is 6.92 Å². The van der Waals surface area contributed by atoms with Gasteiger partial charge in [0, 0.05) is 54.3 Å². The summed E-state index contributed by atoms with van der Waals surface area (Å²) in [5.41, 5.74) is 5.89. The molecule has 6 aromatic rings. The van der Waals surface area contributed by atoms with Gasteiger partial charge in [0.2, 0.25) is 5.91 Å². The fraction of sp³-hybridized carbons (Fsp3) is 0.250. The number of hydrogen-bond acceptors (Lipinski definition) is 8. The smallest absolute Gasteiger partial charge is 0.224 e. The number of carbonyl (C=O) groups excluding carboxylic acids is 1. The van der Waals surface area contributed by atoms with Crippen LogP contribution in [0.5, 0.6) is 5.75 Å². The highest BCUT2D eigenvalue weighted by molar-refractivity contribution is 5.96. The van der Waals surface area contributed by atoms with Crippen LogP contribution in [-0.2, 0) is 4.79 Å². The molecule has 1 aromatic carbocycles. The number of benzene rings is 1. The Hall–Kier alpha value is -5.23. The summed E-state index contributed by atoms with van der Waals surface area (Å²) in [5, 5.41) is 11.0. The van der Waals surface area contributed by atoms with Crippen LogP contribution in [0.4, 0.5) is 10.1 Å². The predicted octanol–water partition coefficient (Wildman–Crippen LogP) is 5.59. The summed E-state index contributed by atoms with van der Waals surface area (Å²) in [7, 11) is 0. The van der Waals surface area contributed by atoms with Crippen molar-refractivity contribution in [3.63, 3.8) is 0 Å². The number of hydrogen-bond donors (Lipinski definition) is 3. The van der Waals surface area contributed by atoms with Crippen LogP contribution in [0.25, 0.3) is 56.0 Å². The molecule has 0 saturated carbocycles. The zero-order valence-electron chi connectivity index (χ0n) is 24.1. The Kier molecular flexibility index (Phi) is 7.40. The third kappa shape index (κ3) is 5.59. The van der Waals surface area contributed by atoms with E-state index in [9.17, 15) is 9.18 Å². The van der Waals surface area contributed by atoms with E-state index in [1.807, 2.05) is 24.3 Å². The first kappa shape index (κ1) is 27.6. The summed E-state index contributed by atoms with van der Waals surface area (Å²) >= 11 is 0. The minimum atomic E-state index is -0.380. The molecule has 1 amide bonds. The van der Waals surface area contributed by atoms with E-state index >= 15 is 0 Å². The second-order valence-electron chi connectivity index (χ2n) is 10.8. The first-order valence-electron chi connectivity index (χ1n) is 14.6. The topological polar surface area (TPSA) is 138 Å². The lowest BCUT2D eigenvalue weighted by Crippen LogP contribution is -2.25. The molecule has 3 N–H and O–H groups in total. The number of imidazole rings is 1. The minimum Gasteiger partial charge on any atom is -0.492 e. The average Bonchev–Trinajstić information content (AvgIpc) is 3.80. The summed E-state index contributed by atoms with van der Waals surface area (Å²) in [5.74, 6) is 0.526. The Morgan fingerprint density at radius 2 is 1.89 bits per heavy atom. The number of halogens is 1. The number of pyridine rings is 3. The van der Waals surface area contributed by atoms with E-state index in [1.165, 1.54) is 25.0 Å². The largest absolute Gasteiger partial charge is 0.492 e. The zero-order valence-corrected chi connectivity index (χ0v) is 24.1. The molecule has 1 fully saturated rings. The first-order valence-corrected chi connectivity index (χ1v) is 14.6. The maximum absolute atomic E-state index is 14.8. The van der Waals surface area contributed by atoms with E-state index < -0.39 is 0 Å². The molecular formula is C32H30FN9O2. The first-order chi connectivity index (χ1) is 21.5. The van der Waals surface area contributed by atoms with E-state index in [2.05, 4.69) is 40.3 Å². The Balaban J connectivity index is 1.20. The van der Waals surface area contributed by atoms with Crippen molar-refractivity contribution < 1.29 is 13.9 Å². The van der Waals surface area contributed by atoms with Crippen LogP contribution in [0.3, 0.4) is 0 Å². The maximum atomic E-state index is 14.8. The molecular weight excluding hydrogens is 561 g/mol. The summed E-state index contributed by atoms with van der Waals surface area (Å²) in [6, 6.07) is 10.4. The third-order valence-corrected chi connectivity index (χ3v) is 7.77. The van der Waals surface area contributed by atoms with Gasteiger partial charge in [0.25, 0.3) is 0 Å². The molecule has 12 heteroatoms. The van der Waals surface area contributed by atoms with E-state index in [1.54, 1.807) is 31.7 Å². The highest BCUT2D eigenvalue weighted by Gasteiger charge is 2.18. The van der Waals surface area contributed by atoms with Crippen molar-refractivity contribution >= 4 is 33.8 Å². The van der Waals surface area contributed by atoms with Gasteiger partial charge in [-0.15, -0.1) is 0 Å². The molecule has 11 nitrogen and oxygen atoms in total. The van der Waals surface area contributed by atoms with Crippen molar-refractivity contribution in [1.29, 1.82) is 0 Å². The normalized spacial score (nSPS) is 13.6. The lowest BCUT2D eigenvalue weighted by Gasteiger charge is -2.15. The van der Waals surface area contributed by atoms with Crippen LogP contribution in [0, 0.1) is 5.82 Å². The van der Waals surface area contributed by atoms with E-state index in [-0.39, 0.29) is 11.7 Å². The lowest BCUT2D eigenvalue weighted by atomic mass is 10.1. The van der Waals surface area contributed by atoms with Gasteiger partial charge in [0.05, 0.1) is 22.8 Å². The van der Waals surface area contributed by atoms with Crippen molar-refractivity contribution in [3.05, 3.63) is 67.0 Å². The van der Waals surface area contributed by atoms with Gasteiger partial charge in [-0.25, -0.2) is 19.3 Å². The number of anilines is 1. The number of rotatable bonds is 9. The SMILES string of the molecule is CCC(=O)Nc1cncc(-c2cnc3n[nH]c(-c4nc5nccc(-c6cc(F)cc(OCCN7CCCC7)c6)c5[nH]4)c3c2)c1. The Bertz CT molecular complexity index is 1980. The van der Waals surface area contributed by atoms with Crippen LogP contribution in [0.2, 0.25) is 0 Å². The molecule has 5 aromatic heterocycles. The Morgan fingerprint density at radius 3 is 2.75 bits per heavy atom. The molecule has 0 aliphatic carbocycles. The van der Waals surface area contributed by atoms with Crippen LogP contribution in [0.15, 0.2) is 61.2 Å². The molecule has 6 heterocycles. The van der Waals surface area contributed by atoms with Gasteiger partial charge in [-0.05, 0) is 61.8 Å². The van der Waals surface area contributed by atoms with E-state index in [0.717, 1.165) is 41.7 Å². The second-order valence-corrected chi connectivity index (χ2v) is 10.8. The number of nitrogens with zero attached hydrogens (tertiary/aromatic N) is 6. The van der Waals surface area contributed by atoms with Gasteiger partial charge in [-0.3, -0.25) is 19.8 Å². The molecule has 0 bridgehead atoms. The fourth-order valence-corrected chi connectivity index (χ4v) is 5.52. The molecule has 1 aliphatic heterocycles.